The highest BCUT2D eigenvalue weighted by molar-refractivity contribution is 5.66. The molecule has 0 fully saturated rings. The lowest BCUT2D eigenvalue weighted by atomic mass is 10.0. The summed E-state index contributed by atoms with van der Waals surface area (Å²) in [6.07, 6.45) is -3.75. The van der Waals surface area contributed by atoms with Crippen LogP contribution in [0.15, 0.2) is 54.7 Å². The van der Waals surface area contributed by atoms with Crippen LogP contribution in [0.5, 0.6) is 5.75 Å². The Balaban J connectivity index is 1.99. The monoisotopic (exact) mass is 444 g/mol. The second kappa shape index (κ2) is 9.46. The first-order valence-electron chi connectivity index (χ1n) is 10.4. The van der Waals surface area contributed by atoms with Crippen molar-refractivity contribution in [3.05, 3.63) is 65.9 Å². The quantitative estimate of drug-likeness (QED) is 0.413. The van der Waals surface area contributed by atoms with E-state index in [0.29, 0.717) is 24.0 Å². The summed E-state index contributed by atoms with van der Waals surface area (Å²) < 4.78 is 46.6. The topological polar surface area (TPSA) is 41.5 Å². The average molecular weight is 445 g/mol. The van der Waals surface area contributed by atoms with Gasteiger partial charge in [0.1, 0.15) is 11.3 Å². The highest BCUT2D eigenvalue weighted by atomic mass is 19.4. The SMILES string of the molecule is CCOc1ccc(N(C)c2ncc(C(F)(F)F)c(N(C)c3ccc(C(C)C)cc3)n2)cc1. The molecule has 32 heavy (non-hydrogen) atoms. The van der Waals surface area contributed by atoms with Crippen LogP contribution in [-0.2, 0) is 6.18 Å². The van der Waals surface area contributed by atoms with Gasteiger partial charge in [0.25, 0.3) is 0 Å². The minimum atomic E-state index is -4.59. The van der Waals surface area contributed by atoms with Gasteiger partial charge in [0.05, 0.1) is 6.61 Å². The average Bonchev–Trinajstić information content (AvgIpc) is 2.78. The molecule has 0 saturated carbocycles. The molecule has 0 bridgehead atoms. The van der Waals surface area contributed by atoms with E-state index in [0.717, 1.165) is 17.4 Å². The Labute approximate surface area is 186 Å². The third-order valence-corrected chi connectivity index (χ3v) is 5.16. The highest BCUT2D eigenvalue weighted by Gasteiger charge is 2.37. The van der Waals surface area contributed by atoms with Crippen LogP contribution in [0.1, 0.15) is 37.8 Å². The van der Waals surface area contributed by atoms with Crippen molar-refractivity contribution >= 4 is 23.1 Å². The maximum atomic E-state index is 13.7. The Morgan fingerprint density at radius 2 is 1.47 bits per heavy atom. The van der Waals surface area contributed by atoms with Gasteiger partial charge in [-0.25, -0.2) is 4.98 Å². The Kier molecular flexibility index (Phi) is 6.91. The summed E-state index contributed by atoms with van der Waals surface area (Å²) in [7, 11) is 3.28. The van der Waals surface area contributed by atoms with Gasteiger partial charge in [0.2, 0.25) is 5.95 Å². The zero-order valence-corrected chi connectivity index (χ0v) is 18.8. The van der Waals surface area contributed by atoms with Gasteiger partial charge in [0.15, 0.2) is 5.82 Å². The fourth-order valence-electron chi connectivity index (χ4n) is 3.23. The van der Waals surface area contributed by atoms with Gasteiger partial charge in [-0.2, -0.15) is 18.2 Å². The molecule has 2 aromatic carbocycles. The van der Waals surface area contributed by atoms with Crippen LogP contribution in [0.4, 0.5) is 36.3 Å². The van der Waals surface area contributed by atoms with E-state index in [1.54, 1.807) is 55.4 Å². The minimum Gasteiger partial charge on any atom is -0.494 e. The summed E-state index contributed by atoms with van der Waals surface area (Å²) in [6.45, 7) is 6.57. The molecule has 0 radical (unpaired) electrons. The zero-order valence-electron chi connectivity index (χ0n) is 18.8. The minimum absolute atomic E-state index is 0.155. The summed E-state index contributed by atoms with van der Waals surface area (Å²) in [5, 5.41) is 0. The van der Waals surface area contributed by atoms with Crippen molar-refractivity contribution in [1.29, 1.82) is 0 Å². The molecule has 3 aromatic rings. The molecular weight excluding hydrogens is 417 g/mol. The van der Waals surface area contributed by atoms with E-state index < -0.39 is 11.7 Å². The zero-order chi connectivity index (χ0) is 23.5. The molecule has 0 aliphatic carbocycles. The van der Waals surface area contributed by atoms with E-state index in [1.165, 1.54) is 4.90 Å². The van der Waals surface area contributed by atoms with E-state index in [4.69, 9.17) is 4.74 Å². The first kappa shape index (κ1) is 23.4. The Morgan fingerprint density at radius 1 is 0.906 bits per heavy atom. The van der Waals surface area contributed by atoms with Crippen molar-refractivity contribution in [3.63, 3.8) is 0 Å². The van der Waals surface area contributed by atoms with Crippen molar-refractivity contribution in [1.82, 2.24) is 9.97 Å². The summed E-state index contributed by atoms with van der Waals surface area (Å²) >= 11 is 0. The third-order valence-electron chi connectivity index (χ3n) is 5.16. The molecule has 170 valence electrons. The lowest BCUT2D eigenvalue weighted by molar-refractivity contribution is -0.137. The number of hydrogen-bond donors (Lipinski definition) is 0. The molecular formula is C24H27F3N4O. The van der Waals surface area contributed by atoms with Gasteiger partial charge in [-0.1, -0.05) is 26.0 Å². The largest absolute Gasteiger partial charge is 0.494 e. The van der Waals surface area contributed by atoms with Crippen molar-refractivity contribution in [2.24, 2.45) is 0 Å². The van der Waals surface area contributed by atoms with Crippen LogP contribution >= 0.6 is 0 Å². The normalized spacial score (nSPS) is 11.5. The second-order valence-electron chi connectivity index (χ2n) is 7.70. The highest BCUT2D eigenvalue weighted by Crippen LogP contribution is 2.38. The van der Waals surface area contributed by atoms with Crippen molar-refractivity contribution < 1.29 is 17.9 Å². The fraction of sp³-hybridized carbons (Fsp3) is 0.333. The van der Waals surface area contributed by atoms with Gasteiger partial charge in [-0.15, -0.1) is 0 Å². The molecule has 0 aliphatic heterocycles. The molecule has 0 aliphatic rings. The molecule has 8 heteroatoms. The molecule has 0 saturated heterocycles. The lowest BCUT2D eigenvalue weighted by Crippen LogP contribution is -2.21. The summed E-state index contributed by atoms with van der Waals surface area (Å²) in [5.41, 5.74) is 1.55. The van der Waals surface area contributed by atoms with Crippen LogP contribution in [0.3, 0.4) is 0 Å². The van der Waals surface area contributed by atoms with Crippen LogP contribution < -0.4 is 14.5 Å². The molecule has 0 N–H and O–H groups in total. The number of anilines is 4. The molecule has 5 nitrogen and oxygen atoms in total. The van der Waals surface area contributed by atoms with E-state index in [1.807, 2.05) is 19.1 Å². The predicted octanol–water partition coefficient (Wildman–Crippen LogP) is 6.55. The summed E-state index contributed by atoms with van der Waals surface area (Å²) in [6, 6.07) is 14.6. The van der Waals surface area contributed by atoms with Crippen LogP contribution in [0.2, 0.25) is 0 Å². The number of benzene rings is 2. The van der Waals surface area contributed by atoms with Gasteiger partial charge in [-0.3, -0.25) is 0 Å². The number of halogens is 3. The van der Waals surface area contributed by atoms with Crippen LogP contribution in [-0.4, -0.2) is 30.7 Å². The fourth-order valence-corrected chi connectivity index (χ4v) is 3.23. The Bertz CT molecular complexity index is 1030. The predicted molar refractivity (Wildman–Crippen MR) is 121 cm³/mol. The van der Waals surface area contributed by atoms with E-state index >= 15 is 0 Å². The van der Waals surface area contributed by atoms with Crippen molar-refractivity contribution in [2.75, 3.05) is 30.5 Å². The molecule has 0 atom stereocenters. The molecule has 1 aromatic heterocycles. The standard InChI is InChI=1S/C24H27F3N4O/c1-6-32-20-13-11-19(12-14-20)31(5)23-28-15-21(24(25,26)27)22(29-23)30(4)18-9-7-17(8-10-18)16(2)3/h7-16H,6H2,1-5H3. The number of aromatic nitrogens is 2. The number of nitrogens with zero attached hydrogens (tertiary/aromatic N) is 4. The van der Waals surface area contributed by atoms with Gasteiger partial charge >= 0.3 is 6.18 Å². The van der Waals surface area contributed by atoms with Gasteiger partial charge in [0, 0.05) is 31.7 Å². The van der Waals surface area contributed by atoms with Crippen LogP contribution in [0.25, 0.3) is 0 Å². The summed E-state index contributed by atoms with van der Waals surface area (Å²) in [5.74, 6) is 0.983. The smallest absolute Gasteiger partial charge is 0.421 e. The molecule has 1 heterocycles. The number of rotatable bonds is 7. The molecule has 3 rings (SSSR count). The maximum absolute atomic E-state index is 13.7. The van der Waals surface area contributed by atoms with Crippen molar-refractivity contribution in [3.8, 4) is 5.75 Å². The van der Waals surface area contributed by atoms with E-state index in [9.17, 15) is 13.2 Å². The first-order chi connectivity index (χ1) is 15.1. The third kappa shape index (κ3) is 5.12. The lowest BCUT2D eigenvalue weighted by Gasteiger charge is -2.25. The van der Waals surface area contributed by atoms with Crippen molar-refractivity contribution in [2.45, 2.75) is 32.9 Å². The number of alkyl halides is 3. The molecule has 0 amide bonds. The maximum Gasteiger partial charge on any atom is 0.421 e. The second-order valence-corrected chi connectivity index (χ2v) is 7.70. The van der Waals surface area contributed by atoms with Gasteiger partial charge < -0.3 is 14.5 Å². The molecule has 0 unspecified atom stereocenters. The Morgan fingerprint density at radius 3 is 2.00 bits per heavy atom. The van der Waals surface area contributed by atoms with Crippen LogP contribution in [0, 0.1) is 0 Å². The Hall–Kier alpha value is -3.29. The van der Waals surface area contributed by atoms with E-state index in [-0.39, 0.29) is 11.8 Å². The van der Waals surface area contributed by atoms with E-state index in [2.05, 4.69) is 23.8 Å². The first-order valence-corrected chi connectivity index (χ1v) is 10.4. The number of ether oxygens (including phenoxy) is 1. The summed E-state index contributed by atoms with van der Waals surface area (Å²) in [4.78, 5) is 11.4. The number of hydrogen-bond acceptors (Lipinski definition) is 5. The van der Waals surface area contributed by atoms with Gasteiger partial charge in [-0.05, 0) is 54.8 Å². The molecule has 0 spiro atoms.